The molecule has 0 aliphatic heterocycles. The zero-order valence-corrected chi connectivity index (χ0v) is 17.9. The number of allylic oxidation sites excluding steroid dienone is 6. The maximum absolute atomic E-state index is 13.1. The summed E-state index contributed by atoms with van der Waals surface area (Å²) in [5, 5.41) is 23.0. The van der Waals surface area contributed by atoms with Gasteiger partial charge in [-0.2, -0.15) is 0 Å². The Morgan fingerprint density at radius 3 is 2.63 bits per heavy atom. The van der Waals surface area contributed by atoms with Crippen molar-refractivity contribution in [3.63, 3.8) is 0 Å². The van der Waals surface area contributed by atoms with Gasteiger partial charge in [-0.3, -0.25) is 14.4 Å². The minimum atomic E-state index is -1.68. The average molecular weight is 414 g/mol. The molecule has 4 rings (SSSR count). The van der Waals surface area contributed by atoms with Crippen molar-refractivity contribution in [1.29, 1.82) is 0 Å². The molecule has 6 nitrogen and oxygen atoms in total. The van der Waals surface area contributed by atoms with Crippen molar-refractivity contribution in [1.82, 2.24) is 0 Å². The lowest BCUT2D eigenvalue weighted by Gasteiger charge is -2.57. The third-order valence-corrected chi connectivity index (χ3v) is 8.47. The van der Waals surface area contributed by atoms with Crippen LogP contribution < -0.4 is 0 Å². The lowest BCUT2D eigenvalue weighted by Crippen LogP contribution is -2.62. The molecule has 4 aliphatic rings. The van der Waals surface area contributed by atoms with Crippen LogP contribution in [0, 0.1) is 34.5 Å². The van der Waals surface area contributed by atoms with Crippen LogP contribution in [0.1, 0.15) is 40.5 Å². The third kappa shape index (κ3) is 2.66. The number of carbonyl (C=O) groups is 3. The quantitative estimate of drug-likeness (QED) is 0.687. The molecule has 8 atom stereocenters. The van der Waals surface area contributed by atoms with Crippen molar-refractivity contribution in [3.05, 3.63) is 36.0 Å². The third-order valence-electron chi connectivity index (χ3n) is 8.47. The predicted molar refractivity (Wildman–Crippen MR) is 109 cm³/mol. The maximum atomic E-state index is 13.1. The number of ether oxygens (including phenoxy) is 1. The normalized spacial score (nSPS) is 46.5. The van der Waals surface area contributed by atoms with Crippen molar-refractivity contribution in [2.45, 2.75) is 52.2 Å². The summed E-state index contributed by atoms with van der Waals surface area (Å²) >= 11 is 0. The molecular formula is C24H30O6. The van der Waals surface area contributed by atoms with Gasteiger partial charge in [0.2, 0.25) is 5.78 Å². The van der Waals surface area contributed by atoms with Crippen molar-refractivity contribution < 1.29 is 29.3 Å². The topological polar surface area (TPSA) is 101 Å². The monoisotopic (exact) mass is 414 g/mol. The lowest BCUT2D eigenvalue weighted by molar-refractivity contribution is -0.180. The van der Waals surface area contributed by atoms with Crippen LogP contribution in [0.25, 0.3) is 0 Å². The molecule has 0 radical (unpaired) electrons. The van der Waals surface area contributed by atoms with E-state index in [0.717, 1.165) is 5.57 Å². The van der Waals surface area contributed by atoms with E-state index in [2.05, 4.69) is 0 Å². The SMILES string of the molecule is CC(=O)OCC(=O)[C@@]1(O)[C@H](C)CC2C3C=CC4=CC(=O)C=C[C@]4(C)C3C(O)C[C@@]21C. The van der Waals surface area contributed by atoms with E-state index in [9.17, 15) is 24.6 Å². The van der Waals surface area contributed by atoms with Crippen molar-refractivity contribution in [2.75, 3.05) is 6.61 Å². The number of carbonyl (C=O) groups excluding carboxylic acids is 3. The summed E-state index contributed by atoms with van der Waals surface area (Å²) in [5.74, 6) is -1.66. The highest BCUT2D eigenvalue weighted by atomic mass is 16.5. The Morgan fingerprint density at radius 1 is 1.27 bits per heavy atom. The molecule has 0 aromatic rings. The highest BCUT2D eigenvalue weighted by Crippen LogP contribution is 2.67. The van der Waals surface area contributed by atoms with Crippen molar-refractivity contribution in [2.24, 2.45) is 34.5 Å². The molecule has 30 heavy (non-hydrogen) atoms. The van der Waals surface area contributed by atoms with E-state index in [0.29, 0.717) is 6.42 Å². The second-order valence-electron chi connectivity index (χ2n) is 9.98. The average Bonchev–Trinajstić information content (AvgIpc) is 2.87. The Hall–Kier alpha value is -2.05. The standard InChI is InChI=1S/C24H30O6/c1-13-9-18-17-6-5-15-10-16(26)7-8-22(15,3)21(17)19(27)11-23(18,4)24(13,29)20(28)12-30-14(2)25/h5-8,10,13,17-19,21,27,29H,9,11-12H2,1-4H3/t13-,17?,18?,19?,21?,22+,23+,24+/m1/s1. The largest absolute Gasteiger partial charge is 0.458 e. The molecule has 0 spiro atoms. The predicted octanol–water partition coefficient (Wildman–Crippen LogP) is 2.15. The Bertz CT molecular complexity index is 899. The summed E-state index contributed by atoms with van der Waals surface area (Å²) < 4.78 is 4.91. The van der Waals surface area contributed by atoms with Gasteiger partial charge in [-0.15, -0.1) is 0 Å². The molecule has 162 valence electrons. The Morgan fingerprint density at radius 2 is 1.97 bits per heavy atom. The molecule has 0 saturated heterocycles. The van der Waals surface area contributed by atoms with E-state index in [1.165, 1.54) is 6.92 Å². The smallest absolute Gasteiger partial charge is 0.303 e. The fourth-order valence-electron chi connectivity index (χ4n) is 6.99. The van der Waals surface area contributed by atoms with Crippen LogP contribution in [0.3, 0.4) is 0 Å². The number of rotatable bonds is 3. The Kier molecular flexibility index (Phi) is 4.75. The number of ketones is 2. The number of hydrogen-bond donors (Lipinski definition) is 2. The molecule has 2 N–H and O–H groups in total. The molecule has 0 heterocycles. The zero-order chi connectivity index (χ0) is 22.1. The van der Waals surface area contributed by atoms with E-state index < -0.39 is 40.9 Å². The molecule has 2 saturated carbocycles. The Balaban J connectivity index is 1.74. The lowest BCUT2D eigenvalue weighted by atomic mass is 9.47. The van der Waals surface area contributed by atoms with Crippen LogP contribution in [0.15, 0.2) is 36.0 Å². The molecule has 0 aromatic carbocycles. The van der Waals surface area contributed by atoms with Crippen LogP contribution in [0.2, 0.25) is 0 Å². The van der Waals surface area contributed by atoms with Crippen molar-refractivity contribution in [3.8, 4) is 0 Å². The van der Waals surface area contributed by atoms with Gasteiger partial charge in [-0.05, 0) is 48.3 Å². The summed E-state index contributed by atoms with van der Waals surface area (Å²) in [7, 11) is 0. The van der Waals surface area contributed by atoms with Gasteiger partial charge in [-0.1, -0.05) is 39.0 Å². The fraction of sp³-hybridized carbons (Fsp3) is 0.625. The minimum Gasteiger partial charge on any atom is -0.458 e. The van der Waals surface area contributed by atoms with Gasteiger partial charge in [0.25, 0.3) is 0 Å². The van der Waals surface area contributed by atoms with E-state index in [1.54, 1.807) is 12.2 Å². The zero-order valence-electron chi connectivity index (χ0n) is 17.9. The molecule has 0 amide bonds. The second-order valence-corrected chi connectivity index (χ2v) is 9.98. The van der Waals surface area contributed by atoms with Crippen LogP contribution in [0.4, 0.5) is 0 Å². The molecule has 4 unspecified atom stereocenters. The minimum absolute atomic E-state index is 0.0205. The summed E-state index contributed by atoms with van der Waals surface area (Å²) in [6, 6.07) is 0. The summed E-state index contributed by atoms with van der Waals surface area (Å²) in [6.07, 6.45) is 9.24. The van der Waals surface area contributed by atoms with Crippen LogP contribution in [-0.2, 0) is 19.1 Å². The first-order chi connectivity index (χ1) is 13.9. The number of esters is 1. The van der Waals surface area contributed by atoms with E-state index in [-0.39, 0.29) is 35.9 Å². The molecule has 0 bridgehead atoms. The Labute approximate surface area is 176 Å². The highest BCUT2D eigenvalue weighted by Gasteiger charge is 2.70. The van der Waals surface area contributed by atoms with Gasteiger partial charge < -0.3 is 14.9 Å². The van der Waals surface area contributed by atoms with Crippen molar-refractivity contribution >= 4 is 17.5 Å². The first-order valence-corrected chi connectivity index (χ1v) is 10.7. The highest BCUT2D eigenvalue weighted by molar-refractivity contribution is 6.01. The number of aliphatic hydroxyl groups excluding tert-OH is 1. The second kappa shape index (κ2) is 6.72. The molecule has 4 aliphatic carbocycles. The molecule has 0 aromatic heterocycles. The van der Waals surface area contributed by atoms with Gasteiger partial charge in [0.05, 0.1) is 6.10 Å². The maximum Gasteiger partial charge on any atom is 0.303 e. The number of fused-ring (bicyclic) bond motifs is 5. The summed E-state index contributed by atoms with van der Waals surface area (Å²) in [6.45, 7) is 6.55. The number of Topliss-reactive ketones (excluding diaryl/α,β-unsaturated/α-hetero) is 1. The first kappa shape index (κ1) is 21.2. The van der Waals surface area contributed by atoms with Gasteiger partial charge in [0.1, 0.15) is 5.60 Å². The summed E-state index contributed by atoms with van der Waals surface area (Å²) in [5.41, 5.74) is -2.10. The molecule has 6 heteroatoms. The molecule has 2 fully saturated rings. The van der Waals surface area contributed by atoms with Gasteiger partial charge >= 0.3 is 5.97 Å². The van der Waals surface area contributed by atoms with Gasteiger partial charge in [-0.25, -0.2) is 0 Å². The van der Waals surface area contributed by atoms with E-state index in [1.807, 2.05) is 39.0 Å². The van der Waals surface area contributed by atoms with Crippen LogP contribution in [-0.4, -0.2) is 46.1 Å². The first-order valence-electron chi connectivity index (χ1n) is 10.7. The van der Waals surface area contributed by atoms with E-state index in [4.69, 9.17) is 4.74 Å². The summed E-state index contributed by atoms with van der Waals surface area (Å²) in [4.78, 5) is 36.1. The van der Waals surface area contributed by atoms with E-state index >= 15 is 0 Å². The number of aliphatic hydroxyl groups is 2. The fourth-order valence-corrected chi connectivity index (χ4v) is 6.99. The number of hydrogen-bond acceptors (Lipinski definition) is 6. The van der Waals surface area contributed by atoms with Gasteiger partial charge in [0, 0.05) is 23.7 Å². The van der Waals surface area contributed by atoms with Crippen LogP contribution in [0.5, 0.6) is 0 Å². The van der Waals surface area contributed by atoms with Gasteiger partial charge in [0.15, 0.2) is 12.4 Å². The van der Waals surface area contributed by atoms with Crippen LogP contribution >= 0.6 is 0 Å². The molecular weight excluding hydrogens is 384 g/mol.